The molecule has 0 bridgehead atoms. The minimum Gasteiger partial charge on any atom is -0.394 e. The van der Waals surface area contributed by atoms with Crippen LogP contribution in [0, 0.1) is 17.2 Å². The van der Waals surface area contributed by atoms with E-state index in [1.165, 1.54) is 10.8 Å². The summed E-state index contributed by atoms with van der Waals surface area (Å²) in [6.07, 6.45) is 3.02. The van der Waals surface area contributed by atoms with E-state index in [1.807, 2.05) is 19.9 Å². The average Bonchev–Trinajstić information content (AvgIpc) is 3.06. The molecule has 0 saturated carbocycles. The summed E-state index contributed by atoms with van der Waals surface area (Å²) in [5.41, 5.74) is -0.418. The molecule has 2 aromatic heterocycles. The predicted molar refractivity (Wildman–Crippen MR) is 121 cm³/mol. The van der Waals surface area contributed by atoms with Gasteiger partial charge in [0.25, 0.3) is 11.5 Å². The van der Waals surface area contributed by atoms with Crippen molar-refractivity contribution in [2.24, 2.45) is 5.92 Å². The fraction of sp³-hybridized carbons (Fsp3) is 0.450. The Morgan fingerprint density at radius 3 is 2.74 bits per heavy atom. The normalized spacial score (nSPS) is 13.5. The van der Waals surface area contributed by atoms with Crippen molar-refractivity contribution in [2.75, 3.05) is 23.8 Å². The first-order valence-electron chi connectivity index (χ1n) is 9.95. The molecule has 1 amide bonds. The second-order valence-electron chi connectivity index (χ2n) is 6.90. The maximum atomic E-state index is 12.7. The Morgan fingerprint density at radius 1 is 1.42 bits per heavy atom. The monoisotopic (exact) mass is 445 g/mol. The zero-order chi connectivity index (χ0) is 23.0. The Labute approximate surface area is 184 Å². The van der Waals surface area contributed by atoms with Gasteiger partial charge in [-0.25, -0.2) is 4.98 Å². The van der Waals surface area contributed by atoms with Gasteiger partial charge in [-0.15, -0.1) is 11.3 Å². The molecule has 1 atom stereocenters. The Morgan fingerprint density at radius 2 is 2.16 bits per heavy atom. The molecule has 0 aromatic carbocycles. The van der Waals surface area contributed by atoms with Crippen LogP contribution in [0.2, 0.25) is 0 Å². The van der Waals surface area contributed by atoms with Crippen molar-refractivity contribution >= 4 is 40.8 Å². The van der Waals surface area contributed by atoms with Crippen molar-refractivity contribution in [2.45, 2.75) is 40.3 Å². The molecule has 0 aliphatic heterocycles. The van der Waals surface area contributed by atoms with Crippen molar-refractivity contribution in [1.29, 1.82) is 5.26 Å². The highest BCUT2D eigenvalue weighted by Crippen LogP contribution is 2.11. The Kier molecular flexibility index (Phi) is 8.72. The van der Waals surface area contributed by atoms with Crippen LogP contribution in [0.25, 0.3) is 11.8 Å². The number of hydrogen-bond donors (Lipinski definition) is 4. The largest absolute Gasteiger partial charge is 0.394 e. The van der Waals surface area contributed by atoms with E-state index in [0.29, 0.717) is 28.1 Å². The molecule has 166 valence electrons. The number of hydrogen-bond acceptors (Lipinski definition) is 9. The number of aromatic nitrogens is 3. The van der Waals surface area contributed by atoms with Crippen LogP contribution < -0.4 is 30.7 Å². The highest BCUT2D eigenvalue weighted by atomic mass is 32.1. The molecule has 31 heavy (non-hydrogen) atoms. The van der Waals surface area contributed by atoms with E-state index in [-0.39, 0.29) is 35.6 Å². The van der Waals surface area contributed by atoms with Gasteiger partial charge in [-0.05, 0) is 25.8 Å². The quantitative estimate of drug-likeness (QED) is 0.416. The molecule has 2 aromatic rings. The van der Waals surface area contributed by atoms with Crippen LogP contribution in [0.4, 0.5) is 11.8 Å². The van der Waals surface area contributed by atoms with E-state index < -0.39 is 5.91 Å². The summed E-state index contributed by atoms with van der Waals surface area (Å²) in [6, 6.07) is 3.43. The summed E-state index contributed by atoms with van der Waals surface area (Å²) in [5.74, 6) is 0.484. The summed E-state index contributed by atoms with van der Waals surface area (Å²) in [5, 5.41) is 27.5. The molecule has 0 radical (unpaired) electrons. The van der Waals surface area contributed by atoms with Gasteiger partial charge in [0, 0.05) is 25.5 Å². The van der Waals surface area contributed by atoms with Crippen molar-refractivity contribution in [3.05, 3.63) is 31.8 Å². The summed E-state index contributed by atoms with van der Waals surface area (Å²) < 4.78 is 2.00. The van der Waals surface area contributed by atoms with Gasteiger partial charge < -0.3 is 21.1 Å². The van der Waals surface area contributed by atoms with Crippen molar-refractivity contribution < 1.29 is 9.90 Å². The zero-order valence-electron chi connectivity index (χ0n) is 18.0. The number of aliphatic hydroxyl groups excluding tert-OH is 1. The fourth-order valence-electron chi connectivity index (χ4n) is 2.69. The SMILES string of the molecule is CCNC(=O)/C(C#N)=c1\s/c(=C/Nc2nccc(N[C@@H](CO)C(C)C)n2)c(=O)n1CC. The van der Waals surface area contributed by atoms with Crippen LogP contribution >= 0.6 is 11.3 Å². The highest BCUT2D eigenvalue weighted by Gasteiger charge is 2.15. The molecular weight excluding hydrogens is 418 g/mol. The van der Waals surface area contributed by atoms with Crippen molar-refractivity contribution in [3.8, 4) is 6.07 Å². The van der Waals surface area contributed by atoms with Gasteiger partial charge in [-0.3, -0.25) is 14.2 Å². The Hall–Kier alpha value is -3.23. The van der Waals surface area contributed by atoms with Gasteiger partial charge in [0.15, 0.2) is 5.57 Å². The molecule has 0 unspecified atom stereocenters. The molecule has 0 aliphatic carbocycles. The number of nitrogens with one attached hydrogen (secondary N) is 3. The zero-order valence-corrected chi connectivity index (χ0v) is 18.8. The van der Waals surface area contributed by atoms with Crippen molar-refractivity contribution in [1.82, 2.24) is 19.9 Å². The van der Waals surface area contributed by atoms with Gasteiger partial charge in [-0.1, -0.05) is 13.8 Å². The lowest BCUT2D eigenvalue weighted by Crippen LogP contribution is -2.34. The van der Waals surface area contributed by atoms with Crippen LogP contribution in [0.15, 0.2) is 17.1 Å². The number of aliphatic hydroxyl groups is 1. The first kappa shape index (κ1) is 24.0. The minimum absolute atomic E-state index is 0.0333. The molecule has 4 N–H and O–H groups in total. The molecule has 0 spiro atoms. The molecule has 10 nitrogen and oxygen atoms in total. The lowest BCUT2D eigenvalue weighted by Gasteiger charge is -2.20. The van der Waals surface area contributed by atoms with Crippen LogP contribution in [0.1, 0.15) is 27.7 Å². The number of carbonyl (C=O) groups excluding carboxylic acids is 1. The number of anilines is 2. The van der Waals surface area contributed by atoms with E-state index >= 15 is 0 Å². The number of carbonyl (C=O) groups is 1. The predicted octanol–water partition coefficient (Wildman–Crippen LogP) is -0.191. The van der Waals surface area contributed by atoms with Gasteiger partial charge in [0.2, 0.25) is 5.95 Å². The lowest BCUT2D eigenvalue weighted by molar-refractivity contribution is -0.115. The fourth-order valence-corrected chi connectivity index (χ4v) is 3.78. The van der Waals surface area contributed by atoms with Crippen molar-refractivity contribution in [3.63, 3.8) is 0 Å². The van der Waals surface area contributed by atoms with Gasteiger partial charge in [0.05, 0.1) is 12.6 Å². The van der Waals surface area contributed by atoms with E-state index in [9.17, 15) is 20.0 Å². The smallest absolute Gasteiger partial charge is 0.270 e. The van der Waals surface area contributed by atoms with E-state index in [1.54, 1.807) is 26.1 Å². The molecule has 11 heteroatoms. The molecule has 2 rings (SSSR count). The van der Waals surface area contributed by atoms with Crippen LogP contribution in [0.3, 0.4) is 0 Å². The van der Waals surface area contributed by atoms with E-state index in [0.717, 1.165) is 11.3 Å². The molecular formula is C20H27N7O3S. The third-order valence-corrected chi connectivity index (χ3v) is 5.57. The second-order valence-corrected chi connectivity index (χ2v) is 7.93. The minimum atomic E-state index is -0.515. The molecule has 0 fully saturated rings. The standard InChI is InChI=1S/C20H27N7O3S/c1-5-22-17(29)13(9-21)19-27(6-2)18(30)15(31-19)10-24-20-23-8-7-16(26-20)25-14(11-28)12(3)4/h7-8,10,12,14,28H,5-6,11H2,1-4H3,(H,22,29)(H2,23,24,25,26)/b15-10+,19-13-/t14-/m0/s1. The summed E-state index contributed by atoms with van der Waals surface area (Å²) in [7, 11) is 0. The first-order valence-corrected chi connectivity index (χ1v) is 10.8. The van der Waals surface area contributed by atoms with Crippen LogP contribution in [0.5, 0.6) is 0 Å². The van der Waals surface area contributed by atoms with Gasteiger partial charge in [-0.2, -0.15) is 10.2 Å². The maximum absolute atomic E-state index is 12.7. The molecule has 0 aliphatic rings. The van der Waals surface area contributed by atoms with E-state index in [2.05, 4.69) is 25.9 Å². The number of nitriles is 1. The van der Waals surface area contributed by atoms with Gasteiger partial charge in [0.1, 0.15) is 21.1 Å². The Balaban J connectivity index is 2.41. The number of rotatable bonds is 9. The third-order valence-electron chi connectivity index (χ3n) is 4.44. The molecule has 0 saturated heterocycles. The van der Waals surface area contributed by atoms with Crippen LogP contribution in [-0.4, -0.2) is 44.7 Å². The number of amides is 1. The number of thiazole rings is 1. The maximum Gasteiger partial charge on any atom is 0.270 e. The van der Waals surface area contributed by atoms with E-state index in [4.69, 9.17) is 0 Å². The van der Waals surface area contributed by atoms with Crippen LogP contribution in [-0.2, 0) is 11.3 Å². The summed E-state index contributed by atoms with van der Waals surface area (Å²) in [4.78, 5) is 33.4. The average molecular weight is 446 g/mol. The molecule has 2 heterocycles. The summed E-state index contributed by atoms with van der Waals surface area (Å²) in [6.45, 7) is 8.16. The highest BCUT2D eigenvalue weighted by molar-refractivity contribution is 7.07. The second kappa shape index (κ2) is 11.2. The first-order chi connectivity index (χ1) is 14.9. The Bertz CT molecular complexity index is 1130. The lowest BCUT2D eigenvalue weighted by atomic mass is 10.1. The topological polar surface area (TPSA) is 145 Å². The number of nitrogens with zero attached hydrogens (tertiary/aromatic N) is 4. The van der Waals surface area contributed by atoms with Gasteiger partial charge >= 0.3 is 0 Å². The third kappa shape index (κ3) is 5.90. The summed E-state index contributed by atoms with van der Waals surface area (Å²) >= 11 is 1.05.